The summed E-state index contributed by atoms with van der Waals surface area (Å²) >= 11 is 0. The van der Waals surface area contributed by atoms with Gasteiger partial charge in [-0.05, 0) is 23.6 Å². The molecule has 0 saturated carbocycles. The van der Waals surface area contributed by atoms with Crippen molar-refractivity contribution in [2.24, 2.45) is 0 Å². The Morgan fingerprint density at radius 2 is 2.00 bits per heavy atom. The average Bonchev–Trinajstić information content (AvgIpc) is 2.16. The fourth-order valence-electron chi connectivity index (χ4n) is 1.26. The first-order chi connectivity index (χ1) is 6.93. The second-order valence-corrected chi connectivity index (χ2v) is 3.68. The Morgan fingerprint density at radius 3 is 2.47 bits per heavy atom. The van der Waals surface area contributed by atoms with Crippen LogP contribution >= 0.6 is 0 Å². The largest absolute Gasteiger partial charge is 0.479 e. The summed E-state index contributed by atoms with van der Waals surface area (Å²) in [5.41, 5.74) is 0.611. The molecule has 0 fully saturated rings. The second-order valence-electron chi connectivity index (χ2n) is 3.68. The van der Waals surface area contributed by atoms with Gasteiger partial charge in [-0.2, -0.15) is 0 Å². The standard InChI is InChI=1S/C11H13FO3/c1-6(2)7-3-4-9(12)8(5-7)10(13)11(14)15/h3-6,10,13H,1-2H3,(H,14,15). The highest BCUT2D eigenvalue weighted by Gasteiger charge is 2.20. The normalized spacial score (nSPS) is 12.9. The van der Waals surface area contributed by atoms with Crippen molar-refractivity contribution in [1.29, 1.82) is 0 Å². The van der Waals surface area contributed by atoms with Crippen LogP contribution in [0.1, 0.15) is 37.0 Å². The molecule has 3 nitrogen and oxygen atoms in total. The topological polar surface area (TPSA) is 57.5 Å². The van der Waals surface area contributed by atoms with E-state index in [1.807, 2.05) is 13.8 Å². The molecule has 4 heteroatoms. The summed E-state index contributed by atoms with van der Waals surface area (Å²) in [4.78, 5) is 10.5. The molecule has 2 N–H and O–H groups in total. The Balaban J connectivity index is 3.16. The lowest BCUT2D eigenvalue weighted by atomic mass is 9.98. The van der Waals surface area contributed by atoms with Gasteiger partial charge in [-0.15, -0.1) is 0 Å². The van der Waals surface area contributed by atoms with E-state index in [2.05, 4.69) is 0 Å². The van der Waals surface area contributed by atoms with Crippen molar-refractivity contribution in [3.05, 3.63) is 35.1 Å². The molecule has 0 aliphatic carbocycles. The number of carbonyl (C=O) groups is 1. The third-order valence-electron chi connectivity index (χ3n) is 2.22. The third-order valence-corrected chi connectivity index (χ3v) is 2.22. The van der Waals surface area contributed by atoms with E-state index in [1.165, 1.54) is 12.1 Å². The van der Waals surface area contributed by atoms with Crippen LogP contribution in [0.25, 0.3) is 0 Å². The Hall–Kier alpha value is -1.42. The van der Waals surface area contributed by atoms with Gasteiger partial charge >= 0.3 is 5.97 Å². The molecular weight excluding hydrogens is 199 g/mol. The molecule has 1 rings (SSSR count). The molecule has 1 aromatic rings. The molecule has 0 radical (unpaired) electrons. The number of benzene rings is 1. The van der Waals surface area contributed by atoms with Gasteiger partial charge in [0, 0.05) is 5.56 Å². The van der Waals surface area contributed by atoms with Crippen molar-refractivity contribution in [2.75, 3.05) is 0 Å². The van der Waals surface area contributed by atoms with Gasteiger partial charge in [0.2, 0.25) is 0 Å². The molecule has 0 heterocycles. The molecule has 0 spiro atoms. The SMILES string of the molecule is CC(C)c1ccc(F)c(C(O)C(=O)O)c1. The fourth-order valence-corrected chi connectivity index (χ4v) is 1.26. The van der Waals surface area contributed by atoms with Crippen LogP contribution < -0.4 is 0 Å². The molecule has 0 saturated heterocycles. The molecule has 0 amide bonds. The summed E-state index contributed by atoms with van der Waals surface area (Å²) in [5.74, 6) is -1.99. The maximum atomic E-state index is 13.2. The Morgan fingerprint density at radius 1 is 1.40 bits per heavy atom. The van der Waals surface area contributed by atoms with Crippen molar-refractivity contribution in [2.45, 2.75) is 25.9 Å². The molecule has 0 aliphatic rings. The zero-order valence-corrected chi connectivity index (χ0v) is 8.57. The van der Waals surface area contributed by atoms with E-state index in [0.29, 0.717) is 0 Å². The van der Waals surface area contributed by atoms with E-state index in [0.717, 1.165) is 5.56 Å². The second kappa shape index (κ2) is 4.40. The van der Waals surface area contributed by atoms with Gasteiger partial charge in [0.15, 0.2) is 6.10 Å². The van der Waals surface area contributed by atoms with Gasteiger partial charge in [0.05, 0.1) is 0 Å². The third kappa shape index (κ3) is 2.53. The summed E-state index contributed by atoms with van der Waals surface area (Å²) in [7, 11) is 0. The molecular formula is C11H13FO3. The highest BCUT2D eigenvalue weighted by atomic mass is 19.1. The highest BCUT2D eigenvalue weighted by Crippen LogP contribution is 2.23. The number of carboxylic acids is 1. The average molecular weight is 212 g/mol. The summed E-state index contributed by atoms with van der Waals surface area (Å²) in [6.45, 7) is 3.81. The van der Waals surface area contributed by atoms with Crippen molar-refractivity contribution < 1.29 is 19.4 Å². The van der Waals surface area contributed by atoms with Gasteiger partial charge in [-0.3, -0.25) is 0 Å². The first kappa shape index (κ1) is 11.7. The number of aliphatic hydroxyl groups excluding tert-OH is 1. The zero-order chi connectivity index (χ0) is 11.6. The number of aliphatic hydroxyl groups is 1. The van der Waals surface area contributed by atoms with Crippen LogP contribution in [0.2, 0.25) is 0 Å². The van der Waals surface area contributed by atoms with E-state index in [9.17, 15) is 14.3 Å². The number of aliphatic carboxylic acids is 1. The summed E-state index contributed by atoms with van der Waals surface area (Å²) < 4.78 is 13.2. The number of hydrogen-bond donors (Lipinski definition) is 2. The molecule has 0 aromatic heterocycles. The van der Waals surface area contributed by atoms with Crippen LogP contribution in [0.3, 0.4) is 0 Å². The first-order valence-corrected chi connectivity index (χ1v) is 4.63. The maximum absolute atomic E-state index is 13.2. The van der Waals surface area contributed by atoms with E-state index < -0.39 is 17.9 Å². The molecule has 82 valence electrons. The van der Waals surface area contributed by atoms with Gasteiger partial charge in [0.25, 0.3) is 0 Å². The van der Waals surface area contributed by atoms with Crippen molar-refractivity contribution in [3.63, 3.8) is 0 Å². The van der Waals surface area contributed by atoms with Crippen molar-refractivity contribution in [3.8, 4) is 0 Å². The van der Waals surface area contributed by atoms with Crippen molar-refractivity contribution >= 4 is 5.97 Å². The van der Waals surface area contributed by atoms with Crippen LogP contribution in [-0.2, 0) is 4.79 Å². The number of rotatable bonds is 3. The van der Waals surface area contributed by atoms with E-state index in [-0.39, 0.29) is 11.5 Å². The number of carboxylic acid groups (broad SMARTS) is 1. The summed E-state index contributed by atoms with van der Waals surface area (Å²) in [6.07, 6.45) is -1.80. The fraction of sp³-hybridized carbons (Fsp3) is 0.364. The predicted molar refractivity (Wildman–Crippen MR) is 53.1 cm³/mol. The molecule has 0 bridgehead atoms. The predicted octanol–water partition coefficient (Wildman–Crippen LogP) is 2.07. The molecule has 1 aromatic carbocycles. The van der Waals surface area contributed by atoms with Gasteiger partial charge < -0.3 is 10.2 Å². The van der Waals surface area contributed by atoms with E-state index >= 15 is 0 Å². The van der Waals surface area contributed by atoms with Crippen LogP contribution in [-0.4, -0.2) is 16.2 Å². The molecule has 0 aliphatic heterocycles. The van der Waals surface area contributed by atoms with Crippen LogP contribution in [0.15, 0.2) is 18.2 Å². The van der Waals surface area contributed by atoms with Gasteiger partial charge in [-0.1, -0.05) is 19.9 Å². The lowest BCUT2D eigenvalue weighted by Gasteiger charge is -2.11. The zero-order valence-electron chi connectivity index (χ0n) is 8.57. The van der Waals surface area contributed by atoms with Gasteiger partial charge in [-0.25, -0.2) is 9.18 Å². The summed E-state index contributed by atoms with van der Waals surface area (Å²) in [5, 5.41) is 17.8. The van der Waals surface area contributed by atoms with Crippen molar-refractivity contribution in [1.82, 2.24) is 0 Å². The van der Waals surface area contributed by atoms with Crippen LogP contribution in [0.4, 0.5) is 4.39 Å². The minimum Gasteiger partial charge on any atom is -0.479 e. The van der Waals surface area contributed by atoms with Gasteiger partial charge in [0.1, 0.15) is 5.82 Å². The lowest BCUT2D eigenvalue weighted by Crippen LogP contribution is -2.12. The Kier molecular flexibility index (Phi) is 3.42. The van der Waals surface area contributed by atoms with E-state index in [4.69, 9.17) is 5.11 Å². The van der Waals surface area contributed by atoms with Crippen LogP contribution in [0.5, 0.6) is 0 Å². The first-order valence-electron chi connectivity index (χ1n) is 4.63. The minimum atomic E-state index is -1.80. The smallest absolute Gasteiger partial charge is 0.337 e. The molecule has 15 heavy (non-hydrogen) atoms. The minimum absolute atomic E-state index is 0.158. The molecule has 1 unspecified atom stereocenters. The quantitative estimate of drug-likeness (QED) is 0.806. The maximum Gasteiger partial charge on any atom is 0.337 e. The Bertz CT molecular complexity index is 374. The van der Waals surface area contributed by atoms with Crippen LogP contribution in [0, 0.1) is 5.82 Å². The summed E-state index contributed by atoms with van der Waals surface area (Å²) in [6, 6.07) is 4.15. The number of hydrogen-bond acceptors (Lipinski definition) is 2. The van der Waals surface area contributed by atoms with E-state index in [1.54, 1.807) is 6.07 Å². The highest BCUT2D eigenvalue weighted by molar-refractivity contribution is 5.74. The Labute approximate surface area is 87.2 Å². The molecule has 1 atom stereocenters. The number of halogens is 1. The monoisotopic (exact) mass is 212 g/mol. The lowest BCUT2D eigenvalue weighted by molar-refractivity contribution is -0.147.